The largest absolute Gasteiger partial charge is 0.493 e. The topological polar surface area (TPSA) is 84.9 Å². The molecule has 0 aliphatic carbocycles. The van der Waals surface area contributed by atoms with Crippen molar-refractivity contribution < 1.29 is 23.9 Å². The fourth-order valence-corrected chi connectivity index (χ4v) is 4.01. The molecule has 1 heterocycles. The Morgan fingerprint density at radius 2 is 1.94 bits per heavy atom. The number of aryl methyl sites for hydroxylation is 1. The van der Waals surface area contributed by atoms with Gasteiger partial charge in [-0.1, -0.05) is 37.6 Å². The minimum absolute atomic E-state index is 0.227. The van der Waals surface area contributed by atoms with Crippen molar-refractivity contribution in [2.75, 3.05) is 25.6 Å². The van der Waals surface area contributed by atoms with Crippen molar-refractivity contribution in [3.05, 3.63) is 57.5 Å². The summed E-state index contributed by atoms with van der Waals surface area (Å²) in [5.74, 6) is 0.477. The van der Waals surface area contributed by atoms with Crippen LogP contribution in [0.2, 0.25) is 5.02 Å². The van der Waals surface area contributed by atoms with Crippen molar-refractivity contribution >= 4 is 52.2 Å². The fraction of sp³-hybridized carbons (Fsp3) is 0.292. The van der Waals surface area contributed by atoms with E-state index in [2.05, 4.69) is 5.32 Å². The zero-order valence-electron chi connectivity index (χ0n) is 18.8. The van der Waals surface area contributed by atoms with Crippen LogP contribution < -0.4 is 14.8 Å². The van der Waals surface area contributed by atoms with Gasteiger partial charge in [0.2, 0.25) is 5.91 Å². The highest BCUT2D eigenvalue weighted by Gasteiger charge is 2.36. The van der Waals surface area contributed by atoms with Crippen LogP contribution in [0.1, 0.15) is 25.0 Å². The van der Waals surface area contributed by atoms with E-state index in [9.17, 15) is 14.4 Å². The van der Waals surface area contributed by atoms with E-state index < -0.39 is 17.1 Å². The summed E-state index contributed by atoms with van der Waals surface area (Å²) < 4.78 is 11.1. The summed E-state index contributed by atoms with van der Waals surface area (Å²) >= 11 is 6.77. The highest BCUT2D eigenvalue weighted by atomic mass is 35.5. The second kappa shape index (κ2) is 10.8. The van der Waals surface area contributed by atoms with Crippen LogP contribution in [0.15, 0.2) is 41.3 Å². The quantitative estimate of drug-likeness (QED) is 0.503. The third-order valence-corrected chi connectivity index (χ3v) is 5.85. The maximum absolute atomic E-state index is 12.8. The van der Waals surface area contributed by atoms with E-state index in [1.165, 1.54) is 7.11 Å². The van der Waals surface area contributed by atoms with Gasteiger partial charge < -0.3 is 14.8 Å². The lowest BCUT2D eigenvalue weighted by molar-refractivity contribution is -0.127. The molecule has 1 aliphatic heterocycles. The maximum atomic E-state index is 12.8. The molecule has 1 fully saturated rings. The second-order valence-electron chi connectivity index (χ2n) is 7.89. The number of halogens is 1. The molecule has 7 nitrogen and oxygen atoms in total. The summed E-state index contributed by atoms with van der Waals surface area (Å²) in [5, 5.41) is 2.66. The Morgan fingerprint density at radius 1 is 1.18 bits per heavy atom. The van der Waals surface area contributed by atoms with E-state index in [0.717, 1.165) is 22.2 Å². The van der Waals surface area contributed by atoms with Crippen LogP contribution in [0.3, 0.4) is 0 Å². The SMILES string of the molecule is COc1cc(/C=C2\SC(=O)N(CC(=O)Nc3cc(Cl)ccc3C)C2=O)ccc1OCC(C)C. The number of nitrogens with one attached hydrogen (secondary N) is 1. The van der Waals surface area contributed by atoms with Gasteiger partial charge >= 0.3 is 0 Å². The zero-order valence-corrected chi connectivity index (χ0v) is 20.4. The van der Waals surface area contributed by atoms with Gasteiger partial charge in [0.05, 0.1) is 18.6 Å². The molecule has 33 heavy (non-hydrogen) atoms. The number of methoxy groups -OCH3 is 1. The van der Waals surface area contributed by atoms with Crippen molar-refractivity contribution in [3.63, 3.8) is 0 Å². The average molecular weight is 489 g/mol. The van der Waals surface area contributed by atoms with Crippen molar-refractivity contribution in [1.29, 1.82) is 0 Å². The molecule has 0 radical (unpaired) electrons. The monoisotopic (exact) mass is 488 g/mol. The molecule has 3 amide bonds. The van der Waals surface area contributed by atoms with E-state index in [-0.39, 0.29) is 11.4 Å². The van der Waals surface area contributed by atoms with Gasteiger partial charge in [-0.25, -0.2) is 0 Å². The van der Waals surface area contributed by atoms with Crippen LogP contribution in [0.25, 0.3) is 6.08 Å². The van der Waals surface area contributed by atoms with E-state index in [1.807, 2.05) is 20.8 Å². The molecule has 0 saturated carbocycles. The molecule has 3 rings (SSSR count). The first-order chi connectivity index (χ1) is 15.7. The van der Waals surface area contributed by atoms with Crippen LogP contribution in [0.4, 0.5) is 10.5 Å². The number of imide groups is 1. The third kappa shape index (κ3) is 6.30. The first-order valence-electron chi connectivity index (χ1n) is 10.3. The van der Waals surface area contributed by atoms with Crippen LogP contribution in [-0.2, 0) is 9.59 Å². The van der Waals surface area contributed by atoms with Gasteiger partial charge in [0.15, 0.2) is 11.5 Å². The molecule has 0 unspecified atom stereocenters. The molecule has 9 heteroatoms. The lowest BCUT2D eigenvalue weighted by Gasteiger charge is -2.14. The van der Waals surface area contributed by atoms with Gasteiger partial charge in [-0.05, 0) is 66.1 Å². The molecule has 1 N–H and O–H groups in total. The number of hydrogen-bond acceptors (Lipinski definition) is 6. The number of nitrogens with zero attached hydrogens (tertiary/aromatic N) is 1. The Hall–Kier alpha value is -2.97. The van der Waals surface area contributed by atoms with Gasteiger partial charge in [0.1, 0.15) is 6.54 Å². The van der Waals surface area contributed by atoms with Crippen molar-refractivity contribution in [3.8, 4) is 11.5 Å². The summed E-state index contributed by atoms with van der Waals surface area (Å²) in [4.78, 5) is 38.8. The highest BCUT2D eigenvalue weighted by molar-refractivity contribution is 8.18. The number of benzene rings is 2. The Bertz CT molecular complexity index is 1120. The molecule has 0 aromatic heterocycles. The molecule has 0 bridgehead atoms. The molecule has 1 aliphatic rings. The van der Waals surface area contributed by atoms with Gasteiger partial charge in [-0.15, -0.1) is 0 Å². The Kier molecular flexibility index (Phi) is 8.05. The normalized spacial score (nSPS) is 14.8. The van der Waals surface area contributed by atoms with E-state index in [1.54, 1.807) is 42.5 Å². The first-order valence-corrected chi connectivity index (χ1v) is 11.5. The van der Waals surface area contributed by atoms with Crippen molar-refractivity contribution in [2.24, 2.45) is 5.92 Å². The first kappa shape index (κ1) is 24.7. The summed E-state index contributed by atoms with van der Waals surface area (Å²) in [6, 6.07) is 10.4. The number of carbonyl (C=O) groups is 3. The van der Waals surface area contributed by atoms with Gasteiger partial charge in [-0.2, -0.15) is 0 Å². The third-order valence-electron chi connectivity index (χ3n) is 4.71. The van der Waals surface area contributed by atoms with Crippen LogP contribution in [0.5, 0.6) is 11.5 Å². The van der Waals surface area contributed by atoms with E-state index in [4.69, 9.17) is 21.1 Å². The molecule has 2 aromatic carbocycles. The number of amides is 3. The van der Waals surface area contributed by atoms with Crippen LogP contribution in [-0.4, -0.2) is 42.2 Å². The molecule has 0 spiro atoms. The minimum Gasteiger partial charge on any atom is -0.493 e. The minimum atomic E-state index is -0.526. The number of carbonyl (C=O) groups excluding carboxylic acids is 3. The van der Waals surface area contributed by atoms with Crippen molar-refractivity contribution in [1.82, 2.24) is 4.90 Å². The standard InChI is InChI=1S/C24H25ClN2O5S/c1-14(2)13-32-19-8-6-16(9-20(19)31-4)10-21-23(29)27(24(30)33-21)12-22(28)26-18-11-17(25)7-5-15(18)3/h5-11,14H,12-13H2,1-4H3,(H,26,28)/b21-10-. The number of anilines is 1. The maximum Gasteiger partial charge on any atom is 0.294 e. The summed E-state index contributed by atoms with van der Waals surface area (Å²) in [6.45, 7) is 6.08. The van der Waals surface area contributed by atoms with E-state index in [0.29, 0.717) is 40.3 Å². The van der Waals surface area contributed by atoms with Crippen LogP contribution in [0, 0.1) is 12.8 Å². The van der Waals surface area contributed by atoms with Gasteiger partial charge in [-0.3, -0.25) is 19.3 Å². The highest BCUT2D eigenvalue weighted by Crippen LogP contribution is 2.34. The molecule has 0 atom stereocenters. The lowest BCUT2D eigenvalue weighted by atomic mass is 10.1. The molecule has 2 aromatic rings. The Morgan fingerprint density at radius 3 is 2.64 bits per heavy atom. The molecular weight excluding hydrogens is 464 g/mol. The number of rotatable bonds is 8. The second-order valence-corrected chi connectivity index (χ2v) is 9.32. The fourth-order valence-electron chi connectivity index (χ4n) is 3.00. The zero-order chi connectivity index (χ0) is 24.1. The van der Waals surface area contributed by atoms with Crippen LogP contribution >= 0.6 is 23.4 Å². The molecule has 1 saturated heterocycles. The van der Waals surface area contributed by atoms with Gasteiger partial charge in [0, 0.05) is 10.7 Å². The summed E-state index contributed by atoms with van der Waals surface area (Å²) in [7, 11) is 1.54. The number of thioether (sulfide) groups is 1. The predicted octanol–water partition coefficient (Wildman–Crippen LogP) is 5.37. The van der Waals surface area contributed by atoms with Crippen molar-refractivity contribution in [2.45, 2.75) is 20.8 Å². The molecule has 174 valence electrons. The number of hydrogen-bond donors (Lipinski definition) is 1. The Labute approximate surface area is 202 Å². The van der Waals surface area contributed by atoms with E-state index >= 15 is 0 Å². The predicted molar refractivity (Wildman–Crippen MR) is 131 cm³/mol. The number of ether oxygens (including phenoxy) is 2. The Balaban J connectivity index is 1.71. The lowest BCUT2D eigenvalue weighted by Crippen LogP contribution is -2.36. The summed E-state index contributed by atoms with van der Waals surface area (Å²) in [5.41, 5.74) is 2.02. The smallest absolute Gasteiger partial charge is 0.294 e. The molecular formula is C24H25ClN2O5S. The summed E-state index contributed by atoms with van der Waals surface area (Å²) in [6.07, 6.45) is 1.60. The van der Waals surface area contributed by atoms with Gasteiger partial charge in [0.25, 0.3) is 11.1 Å². The average Bonchev–Trinajstić information content (AvgIpc) is 3.02.